The number of carbonyl (C=O) groups is 3. The van der Waals surface area contributed by atoms with Crippen LogP contribution in [0.2, 0.25) is 0 Å². The van der Waals surface area contributed by atoms with Gasteiger partial charge in [0, 0.05) is 42.8 Å². The minimum atomic E-state index is -1.07. The highest BCUT2D eigenvalue weighted by atomic mass is 16.4. The van der Waals surface area contributed by atoms with E-state index in [-0.39, 0.29) is 5.56 Å². The molecule has 138 valence electrons. The average molecular weight is 360 g/mol. The summed E-state index contributed by atoms with van der Waals surface area (Å²) in [5.74, 6) is -3.41. The summed E-state index contributed by atoms with van der Waals surface area (Å²) in [6.07, 6.45) is 2.49. The standard InChI is InChI=1S/C18H20N2O6/c1-19-9-13(12-8-11(17(23)24)2-3-14(12)19)15(18(25)26)20-6-4-10(5-7-20)16(21)22/h2-3,8-10,15H,4-7H2,1H3,(H,21,22)(H,23,24)(H,25,26)/t15-/m0/s1. The molecule has 1 atom stereocenters. The summed E-state index contributed by atoms with van der Waals surface area (Å²) in [4.78, 5) is 36.2. The minimum Gasteiger partial charge on any atom is -0.481 e. The number of piperidine rings is 1. The first-order valence-electron chi connectivity index (χ1n) is 8.31. The van der Waals surface area contributed by atoms with E-state index >= 15 is 0 Å². The second kappa shape index (κ2) is 6.80. The summed E-state index contributed by atoms with van der Waals surface area (Å²) >= 11 is 0. The van der Waals surface area contributed by atoms with Gasteiger partial charge in [0.15, 0.2) is 0 Å². The molecule has 26 heavy (non-hydrogen) atoms. The molecule has 0 amide bonds. The van der Waals surface area contributed by atoms with Crippen molar-refractivity contribution in [3.8, 4) is 0 Å². The molecule has 0 bridgehead atoms. The zero-order chi connectivity index (χ0) is 19.0. The summed E-state index contributed by atoms with van der Waals surface area (Å²) in [6.45, 7) is 0.728. The molecule has 0 radical (unpaired) electrons. The Balaban J connectivity index is 2.01. The van der Waals surface area contributed by atoms with Gasteiger partial charge in [0.25, 0.3) is 0 Å². The number of benzene rings is 1. The van der Waals surface area contributed by atoms with Crippen LogP contribution in [0.5, 0.6) is 0 Å². The Morgan fingerprint density at radius 1 is 1.12 bits per heavy atom. The Kier molecular flexibility index (Phi) is 4.69. The normalized spacial score (nSPS) is 17.3. The number of rotatable bonds is 5. The van der Waals surface area contributed by atoms with Gasteiger partial charge in [0.05, 0.1) is 11.5 Å². The van der Waals surface area contributed by atoms with E-state index in [0.717, 1.165) is 5.52 Å². The maximum absolute atomic E-state index is 12.0. The van der Waals surface area contributed by atoms with Gasteiger partial charge < -0.3 is 19.9 Å². The Morgan fingerprint density at radius 3 is 2.31 bits per heavy atom. The van der Waals surface area contributed by atoms with Gasteiger partial charge >= 0.3 is 17.9 Å². The lowest BCUT2D eigenvalue weighted by Crippen LogP contribution is -2.41. The molecule has 0 unspecified atom stereocenters. The summed E-state index contributed by atoms with van der Waals surface area (Å²) in [5.41, 5.74) is 1.36. The number of aryl methyl sites for hydroxylation is 1. The van der Waals surface area contributed by atoms with E-state index in [0.29, 0.717) is 36.9 Å². The lowest BCUT2D eigenvalue weighted by Gasteiger charge is -2.34. The van der Waals surface area contributed by atoms with Crippen LogP contribution in [0.4, 0.5) is 0 Å². The molecule has 1 aliphatic rings. The van der Waals surface area contributed by atoms with Crippen molar-refractivity contribution in [1.82, 2.24) is 9.47 Å². The predicted octanol–water partition coefficient (Wildman–Crippen LogP) is 1.80. The zero-order valence-electron chi connectivity index (χ0n) is 14.3. The van der Waals surface area contributed by atoms with E-state index in [1.54, 1.807) is 28.8 Å². The molecular weight excluding hydrogens is 340 g/mol. The lowest BCUT2D eigenvalue weighted by atomic mass is 9.94. The first-order valence-corrected chi connectivity index (χ1v) is 8.31. The summed E-state index contributed by atoms with van der Waals surface area (Å²) in [7, 11) is 1.78. The third-order valence-electron chi connectivity index (χ3n) is 5.04. The molecule has 0 spiro atoms. The van der Waals surface area contributed by atoms with Crippen LogP contribution in [-0.4, -0.2) is 55.8 Å². The number of nitrogens with zero attached hydrogens (tertiary/aromatic N) is 2. The molecule has 3 rings (SSSR count). The summed E-state index contributed by atoms with van der Waals surface area (Å²) < 4.78 is 1.77. The van der Waals surface area contributed by atoms with Crippen molar-refractivity contribution >= 4 is 28.8 Å². The van der Waals surface area contributed by atoms with Crippen LogP contribution in [0.1, 0.15) is 34.8 Å². The van der Waals surface area contributed by atoms with Crippen molar-refractivity contribution in [2.45, 2.75) is 18.9 Å². The van der Waals surface area contributed by atoms with Gasteiger partial charge in [-0.15, -0.1) is 0 Å². The van der Waals surface area contributed by atoms with Crippen molar-refractivity contribution < 1.29 is 29.7 Å². The third kappa shape index (κ3) is 3.15. The average Bonchev–Trinajstić information content (AvgIpc) is 2.91. The van der Waals surface area contributed by atoms with Gasteiger partial charge in [-0.25, -0.2) is 4.79 Å². The van der Waals surface area contributed by atoms with Gasteiger partial charge in [-0.3, -0.25) is 14.5 Å². The van der Waals surface area contributed by atoms with Gasteiger partial charge in [0.2, 0.25) is 0 Å². The Bertz CT molecular complexity index is 879. The molecule has 1 aliphatic heterocycles. The highest BCUT2D eigenvalue weighted by molar-refractivity contribution is 5.96. The summed E-state index contributed by atoms with van der Waals surface area (Å²) in [6, 6.07) is 3.70. The quantitative estimate of drug-likeness (QED) is 0.743. The number of aromatic nitrogens is 1. The summed E-state index contributed by atoms with van der Waals surface area (Å²) in [5, 5.41) is 28.8. The Hall–Kier alpha value is -2.87. The van der Waals surface area contributed by atoms with E-state index in [2.05, 4.69) is 0 Å². The minimum absolute atomic E-state index is 0.0960. The number of aliphatic carboxylic acids is 2. The highest BCUT2D eigenvalue weighted by Crippen LogP contribution is 2.33. The first-order chi connectivity index (χ1) is 12.3. The van der Waals surface area contributed by atoms with Gasteiger partial charge in [-0.1, -0.05) is 0 Å². The van der Waals surface area contributed by atoms with Crippen LogP contribution in [0.3, 0.4) is 0 Å². The SMILES string of the molecule is Cn1cc([C@@H](C(=O)O)N2CCC(C(=O)O)CC2)c2cc(C(=O)O)ccc21. The number of hydrogen-bond acceptors (Lipinski definition) is 4. The highest BCUT2D eigenvalue weighted by Gasteiger charge is 2.34. The van der Waals surface area contributed by atoms with Gasteiger partial charge in [-0.05, 0) is 31.0 Å². The van der Waals surface area contributed by atoms with Crippen molar-refractivity contribution in [2.75, 3.05) is 13.1 Å². The molecule has 1 aromatic heterocycles. The molecule has 2 aromatic rings. The molecule has 2 heterocycles. The topological polar surface area (TPSA) is 120 Å². The van der Waals surface area contributed by atoms with E-state index in [1.165, 1.54) is 12.1 Å². The fourth-order valence-electron chi connectivity index (χ4n) is 3.66. The van der Waals surface area contributed by atoms with E-state index in [9.17, 15) is 24.6 Å². The number of carboxylic acid groups (broad SMARTS) is 3. The monoisotopic (exact) mass is 360 g/mol. The third-order valence-corrected chi connectivity index (χ3v) is 5.04. The van der Waals surface area contributed by atoms with Gasteiger partial charge in [0.1, 0.15) is 6.04 Å². The molecule has 8 heteroatoms. The fourth-order valence-corrected chi connectivity index (χ4v) is 3.66. The largest absolute Gasteiger partial charge is 0.481 e. The van der Waals surface area contributed by atoms with Crippen molar-refractivity contribution in [1.29, 1.82) is 0 Å². The number of hydrogen-bond donors (Lipinski definition) is 3. The predicted molar refractivity (Wildman–Crippen MR) is 92.2 cm³/mol. The maximum Gasteiger partial charge on any atom is 0.335 e. The smallest absolute Gasteiger partial charge is 0.335 e. The number of aromatic carboxylic acids is 1. The molecule has 1 fully saturated rings. The Morgan fingerprint density at radius 2 is 1.77 bits per heavy atom. The van der Waals surface area contributed by atoms with Gasteiger partial charge in [-0.2, -0.15) is 0 Å². The zero-order valence-corrected chi connectivity index (χ0v) is 14.3. The van der Waals surface area contributed by atoms with Crippen LogP contribution in [0.15, 0.2) is 24.4 Å². The van der Waals surface area contributed by atoms with Crippen LogP contribution >= 0.6 is 0 Å². The second-order valence-corrected chi connectivity index (χ2v) is 6.62. The van der Waals surface area contributed by atoms with Crippen molar-refractivity contribution in [2.24, 2.45) is 13.0 Å². The number of fused-ring (bicyclic) bond motifs is 1. The Labute approximate surface area is 149 Å². The van der Waals surface area contributed by atoms with E-state index in [1.807, 2.05) is 0 Å². The van der Waals surface area contributed by atoms with E-state index in [4.69, 9.17) is 5.11 Å². The maximum atomic E-state index is 12.0. The van der Waals surface area contributed by atoms with Crippen LogP contribution in [0.25, 0.3) is 10.9 Å². The molecule has 8 nitrogen and oxygen atoms in total. The second-order valence-electron chi connectivity index (χ2n) is 6.62. The van der Waals surface area contributed by atoms with Crippen molar-refractivity contribution in [3.63, 3.8) is 0 Å². The van der Waals surface area contributed by atoms with Crippen LogP contribution in [-0.2, 0) is 16.6 Å². The molecule has 0 aliphatic carbocycles. The van der Waals surface area contributed by atoms with Crippen LogP contribution in [0, 0.1) is 5.92 Å². The lowest BCUT2D eigenvalue weighted by molar-refractivity contribution is -0.146. The fraction of sp³-hybridized carbons (Fsp3) is 0.389. The number of carboxylic acids is 3. The molecule has 3 N–H and O–H groups in total. The van der Waals surface area contributed by atoms with Crippen LogP contribution < -0.4 is 0 Å². The molecule has 0 saturated carbocycles. The number of likely N-dealkylation sites (tertiary alicyclic amines) is 1. The molecule has 1 saturated heterocycles. The molecular formula is C18H20N2O6. The van der Waals surface area contributed by atoms with Crippen molar-refractivity contribution in [3.05, 3.63) is 35.5 Å². The van der Waals surface area contributed by atoms with E-state index < -0.39 is 29.9 Å². The first kappa shape index (κ1) is 17.9. The molecule has 1 aromatic carbocycles.